The summed E-state index contributed by atoms with van der Waals surface area (Å²) in [6, 6.07) is 0. The third-order valence-corrected chi connectivity index (χ3v) is 7.88. The standard InChI is InChI=1S/C20H38N4O4S.HI/c1-7-21-17(24-11-12-29(26,27)20(5,6)15-24)22-13-16-9-8-10-23(14-16)18(25)28-19(2,3)4;/h16H,7-15H2,1-6H3,(H,21,22);1H. The van der Waals surface area contributed by atoms with Crippen LogP contribution in [0.2, 0.25) is 0 Å². The first-order chi connectivity index (χ1) is 13.3. The summed E-state index contributed by atoms with van der Waals surface area (Å²) in [7, 11) is -3.09. The van der Waals surface area contributed by atoms with Gasteiger partial charge in [0, 0.05) is 39.3 Å². The lowest BCUT2D eigenvalue weighted by Gasteiger charge is -2.39. The van der Waals surface area contributed by atoms with Crippen LogP contribution in [0.4, 0.5) is 4.79 Å². The Bertz CT molecular complexity index is 719. The lowest BCUT2D eigenvalue weighted by atomic mass is 9.98. The zero-order chi connectivity index (χ0) is 21.9. The van der Waals surface area contributed by atoms with Crippen molar-refractivity contribution in [1.82, 2.24) is 15.1 Å². The van der Waals surface area contributed by atoms with Gasteiger partial charge >= 0.3 is 6.09 Å². The predicted octanol–water partition coefficient (Wildman–Crippen LogP) is 2.73. The summed E-state index contributed by atoms with van der Waals surface area (Å²) in [5.74, 6) is 1.16. The van der Waals surface area contributed by atoms with Crippen LogP contribution in [0.3, 0.4) is 0 Å². The van der Waals surface area contributed by atoms with Gasteiger partial charge in [-0.1, -0.05) is 0 Å². The summed E-state index contributed by atoms with van der Waals surface area (Å²) in [5.41, 5.74) is -0.498. The molecule has 2 heterocycles. The molecule has 1 N–H and O–H groups in total. The van der Waals surface area contributed by atoms with E-state index < -0.39 is 20.2 Å². The number of aliphatic imine (C=N–C) groups is 1. The Morgan fingerprint density at radius 2 is 1.90 bits per heavy atom. The summed E-state index contributed by atoms with van der Waals surface area (Å²) < 4.78 is 29.3. The molecule has 2 fully saturated rings. The highest BCUT2D eigenvalue weighted by Gasteiger charge is 2.41. The minimum atomic E-state index is -3.09. The van der Waals surface area contributed by atoms with Crippen LogP contribution < -0.4 is 5.32 Å². The van der Waals surface area contributed by atoms with Crippen molar-refractivity contribution >= 4 is 45.9 Å². The van der Waals surface area contributed by atoms with Crippen LogP contribution >= 0.6 is 24.0 Å². The fourth-order valence-electron chi connectivity index (χ4n) is 3.67. The number of likely N-dealkylation sites (tertiary alicyclic amines) is 1. The van der Waals surface area contributed by atoms with Gasteiger partial charge in [0.05, 0.1) is 10.5 Å². The molecule has 0 bridgehead atoms. The molecular weight excluding hydrogens is 519 g/mol. The van der Waals surface area contributed by atoms with Gasteiger partial charge in [-0.3, -0.25) is 4.99 Å². The molecule has 8 nitrogen and oxygen atoms in total. The van der Waals surface area contributed by atoms with Gasteiger partial charge in [-0.25, -0.2) is 13.2 Å². The Morgan fingerprint density at radius 1 is 1.23 bits per heavy atom. The van der Waals surface area contributed by atoms with Crippen molar-refractivity contribution in [1.29, 1.82) is 0 Å². The molecular formula is C20H39IN4O4S. The fourth-order valence-corrected chi connectivity index (χ4v) is 5.04. The van der Waals surface area contributed by atoms with Crippen molar-refractivity contribution in [2.24, 2.45) is 10.9 Å². The van der Waals surface area contributed by atoms with E-state index in [2.05, 4.69) is 5.32 Å². The van der Waals surface area contributed by atoms with Crippen LogP contribution in [-0.2, 0) is 14.6 Å². The van der Waals surface area contributed by atoms with Gasteiger partial charge in [0.25, 0.3) is 0 Å². The van der Waals surface area contributed by atoms with E-state index >= 15 is 0 Å². The monoisotopic (exact) mass is 558 g/mol. The summed E-state index contributed by atoms with van der Waals surface area (Å²) in [6.07, 6.45) is 1.69. The van der Waals surface area contributed by atoms with Crippen molar-refractivity contribution in [2.75, 3.05) is 45.0 Å². The number of nitrogens with zero attached hydrogens (tertiary/aromatic N) is 3. The normalized spacial score (nSPS) is 24.1. The van der Waals surface area contributed by atoms with Crippen LogP contribution in [0.1, 0.15) is 54.4 Å². The van der Waals surface area contributed by atoms with Crippen molar-refractivity contribution < 1.29 is 17.9 Å². The van der Waals surface area contributed by atoms with E-state index in [1.54, 1.807) is 18.7 Å². The fraction of sp³-hybridized carbons (Fsp3) is 0.900. The molecule has 0 radical (unpaired) electrons. The summed E-state index contributed by atoms with van der Waals surface area (Å²) >= 11 is 0. The lowest BCUT2D eigenvalue weighted by Crippen LogP contribution is -2.57. The second-order valence-electron chi connectivity index (χ2n) is 9.63. The molecule has 0 aromatic carbocycles. The number of hydrogen-bond acceptors (Lipinski definition) is 5. The molecule has 176 valence electrons. The van der Waals surface area contributed by atoms with Gasteiger partial charge in [-0.15, -0.1) is 24.0 Å². The largest absolute Gasteiger partial charge is 0.444 e. The van der Waals surface area contributed by atoms with E-state index in [0.717, 1.165) is 25.3 Å². The number of halogens is 1. The molecule has 2 aliphatic heterocycles. The molecule has 2 saturated heterocycles. The van der Waals surface area contributed by atoms with Crippen LogP contribution in [-0.4, -0.2) is 85.6 Å². The maximum atomic E-state index is 12.4. The number of rotatable bonds is 3. The van der Waals surface area contributed by atoms with Gasteiger partial charge in [-0.2, -0.15) is 0 Å². The first kappa shape index (κ1) is 27.3. The molecule has 0 aromatic rings. The van der Waals surface area contributed by atoms with Crippen molar-refractivity contribution in [3.05, 3.63) is 0 Å². The van der Waals surface area contributed by atoms with Crippen LogP contribution in [0.25, 0.3) is 0 Å². The Morgan fingerprint density at radius 3 is 2.47 bits per heavy atom. The second-order valence-corrected chi connectivity index (χ2v) is 12.4. The third-order valence-electron chi connectivity index (χ3n) is 5.35. The SMILES string of the molecule is CCNC(=NCC1CCCN(C(=O)OC(C)(C)C)C1)N1CCS(=O)(=O)C(C)(C)C1.I. The van der Waals surface area contributed by atoms with E-state index in [9.17, 15) is 13.2 Å². The van der Waals surface area contributed by atoms with E-state index in [1.165, 1.54) is 0 Å². The Balaban J connectivity index is 0.00000450. The number of sulfone groups is 1. The van der Waals surface area contributed by atoms with Gasteiger partial charge in [0.1, 0.15) is 5.60 Å². The van der Waals surface area contributed by atoms with E-state index in [0.29, 0.717) is 32.7 Å². The summed E-state index contributed by atoms with van der Waals surface area (Å²) in [6.45, 7) is 14.7. The van der Waals surface area contributed by atoms with E-state index in [-0.39, 0.29) is 41.7 Å². The highest BCUT2D eigenvalue weighted by atomic mass is 127. The van der Waals surface area contributed by atoms with Gasteiger partial charge in [0.2, 0.25) is 0 Å². The van der Waals surface area contributed by atoms with E-state index in [1.807, 2.05) is 32.6 Å². The Labute approximate surface area is 199 Å². The highest BCUT2D eigenvalue weighted by Crippen LogP contribution is 2.24. The average Bonchev–Trinajstić information content (AvgIpc) is 2.60. The molecule has 0 spiro atoms. The number of ether oxygens (including phenoxy) is 1. The maximum absolute atomic E-state index is 12.4. The molecule has 0 saturated carbocycles. The topological polar surface area (TPSA) is 91.3 Å². The molecule has 10 heteroatoms. The average molecular weight is 559 g/mol. The molecule has 2 rings (SSSR count). The molecule has 0 aliphatic carbocycles. The zero-order valence-corrected chi connectivity index (χ0v) is 22.4. The second kappa shape index (κ2) is 10.7. The highest BCUT2D eigenvalue weighted by molar-refractivity contribution is 14.0. The minimum absolute atomic E-state index is 0. The quantitative estimate of drug-likeness (QED) is 0.326. The number of carbonyl (C=O) groups is 1. The first-order valence-corrected chi connectivity index (χ1v) is 12.2. The molecule has 0 aromatic heterocycles. The molecule has 30 heavy (non-hydrogen) atoms. The lowest BCUT2D eigenvalue weighted by molar-refractivity contribution is 0.0170. The summed E-state index contributed by atoms with van der Waals surface area (Å²) in [4.78, 5) is 21.0. The van der Waals surface area contributed by atoms with Gasteiger partial charge in [0.15, 0.2) is 15.8 Å². The van der Waals surface area contributed by atoms with Crippen molar-refractivity contribution in [3.8, 4) is 0 Å². The molecule has 1 amide bonds. The first-order valence-electron chi connectivity index (χ1n) is 10.6. The Kier molecular flexibility index (Phi) is 9.71. The maximum Gasteiger partial charge on any atom is 0.410 e. The number of amides is 1. The van der Waals surface area contributed by atoms with Crippen LogP contribution in [0.5, 0.6) is 0 Å². The summed E-state index contributed by atoms with van der Waals surface area (Å²) in [5, 5.41) is 3.30. The van der Waals surface area contributed by atoms with Crippen molar-refractivity contribution in [3.63, 3.8) is 0 Å². The van der Waals surface area contributed by atoms with Crippen LogP contribution in [0, 0.1) is 5.92 Å². The van der Waals surface area contributed by atoms with Gasteiger partial charge in [-0.05, 0) is 60.3 Å². The number of carbonyl (C=O) groups excluding carboxylic acids is 1. The third kappa shape index (κ3) is 7.42. The molecule has 2 aliphatic rings. The smallest absolute Gasteiger partial charge is 0.410 e. The number of nitrogens with one attached hydrogen (secondary N) is 1. The van der Waals surface area contributed by atoms with E-state index in [4.69, 9.17) is 9.73 Å². The zero-order valence-electron chi connectivity index (χ0n) is 19.2. The molecule has 1 atom stereocenters. The predicted molar refractivity (Wildman–Crippen MR) is 131 cm³/mol. The van der Waals surface area contributed by atoms with Crippen molar-refractivity contribution in [2.45, 2.75) is 64.7 Å². The molecule has 1 unspecified atom stereocenters. The van der Waals surface area contributed by atoms with Gasteiger partial charge < -0.3 is 19.9 Å². The minimum Gasteiger partial charge on any atom is -0.444 e. The number of hydrogen-bond donors (Lipinski definition) is 1. The van der Waals surface area contributed by atoms with Crippen LogP contribution in [0.15, 0.2) is 4.99 Å². The number of guanidine groups is 1. The Hall–Kier alpha value is -0.780. The number of piperidine rings is 1.